The van der Waals surface area contributed by atoms with Crippen molar-refractivity contribution in [3.8, 4) is 0 Å². The summed E-state index contributed by atoms with van der Waals surface area (Å²) in [5.74, 6) is -2.30. The number of rotatable bonds is 6. The summed E-state index contributed by atoms with van der Waals surface area (Å²) in [5, 5.41) is 23.9. The molecule has 1 heterocycles. The van der Waals surface area contributed by atoms with E-state index in [1.807, 2.05) is 0 Å². The van der Waals surface area contributed by atoms with Gasteiger partial charge in [0.05, 0.1) is 23.2 Å². The summed E-state index contributed by atoms with van der Waals surface area (Å²) < 4.78 is 45.1. The van der Waals surface area contributed by atoms with Crippen molar-refractivity contribution in [3.63, 3.8) is 0 Å². The number of fused-ring (bicyclic) bond motifs is 2. The summed E-state index contributed by atoms with van der Waals surface area (Å²) in [4.78, 5) is 13.3. The van der Waals surface area contributed by atoms with Crippen LogP contribution in [0.15, 0.2) is 30.5 Å². The number of carbonyl (C=O) groups excluding carboxylic acids is 1. The van der Waals surface area contributed by atoms with E-state index >= 15 is 8.78 Å². The molecule has 0 aliphatic heterocycles. The molecule has 3 aliphatic rings. The van der Waals surface area contributed by atoms with Crippen LogP contribution < -0.4 is 10.6 Å². The number of carbonyl (C=O) groups is 1. The Morgan fingerprint density at radius 3 is 2.59 bits per heavy atom. The zero-order chi connectivity index (χ0) is 24.1. The normalized spacial score (nSPS) is 33.1. The van der Waals surface area contributed by atoms with E-state index in [4.69, 9.17) is 11.6 Å². The van der Waals surface area contributed by atoms with Crippen molar-refractivity contribution in [2.45, 2.75) is 68.8 Å². The monoisotopic (exact) mass is 494 g/mol. The van der Waals surface area contributed by atoms with Crippen LogP contribution in [0.3, 0.4) is 0 Å². The number of alkyl halides is 1. The van der Waals surface area contributed by atoms with Crippen LogP contribution in [0.1, 0.15) is 56.6 Å². The lowest BCUT2D eigenvalue weighted by atomic mass is 9.74. The fourth-order valence-electron chi connectivity index (χ4n) is 6.12. The number of aromatic nitrogens is 2. The molecule has 3 saturated carbocycles. The Kier molecular flexibility index (Phi) is 5.96. The summed E-state index contributed by atoms with van der Waals surface area (Å²) in [7, 11) is 0. The molecule has 3 aliphatic carbocycles. The van der Waals surface area contributed by atoms with Gasteiger partial charge in [-0.1, -0.05) is 11.6 Å². The number of hydrogen-bond acceptors (Lipinski definition) is 5. The van der Waals surface area contributed by atoms with E-state index < -0.39 is 52.7 Å². The molecule has 1 aromatic carbocycles. The Balaban J connectivity index is 1.39. The van der Waals surface area contributed by atoms with E-state index in [1.54, 1.807) is 12.1 Å². The third-order valence-corrected chi connectivity index (χ3v) is 8.18. The van der Waals surface area contributed by atoms with Crippen LogP contribution in [0.2, 0.25) is 5.02 Å². The van der Waals surface area contributed by atoms with Crippen LogP contribution in [0.4, 0.5) is 19.0 Å². The topological polar surface area (TPSA) is 87.1 Å². The van der Waals surface area contributed by atoms with Crippen molar-refractivity contribution in [1.29, 1.82) is 0 Å². The standard InChI is InChI=1S/C24H26ClF3N4O2/c25-14-3-4-15(26)19(20(14)27)21(23-5-7-24(28,12-23)8-6-23)31-22(34)13-10-16(17(33)11-13)30-18-2-1-9-29-32-18/h1-4,9,13,16-17,21,33H,5-8,10-12H2,(H,30,32)(H,31,34)/t13-,16-,17+,21+,23?,24?/m0/s1. The van der Waals surface area contributed by atoms with Crippen molar-refractivity contribution >= 4 is 23.3 Å². The molecule has 0 spiro atoms. The van der Waals surface area contributed by atoms with Crippen molar-refractivity contribution in [2.75, 3.05) is 5.32 Å². The Morgan fingerprint density at radius 1 is 1.18 bits per heavy atom. The maximum atomic E-state index is 15.1. The maximum Gasteiger partial charge on any atom is 0.223 e. The molecule has 0 unspecified atom stereocenters. The minimum atomic E-state index is -1.37. The number of amides is 1. The summed E-state index contributed by atoms with van der Waals surface area (Å²) >= 11 is 5.96. The number of halogens is 4. The number of anilines is 1. The highest BCUT2D eigenvalue weighted by atomic mass is 35.5. The summed E-state index contributed by atoms with van der Waals surface area (Å²) in [6, 6.07) is 4.13. The molecule has 3 N–H and O–H groups in total. The van der Waals surface area contributed by atoms with Gasteiger partial charge in [-0.05, 0) is 74.6 Å². The molecule has 182 valence electrons. The zero-order valence-electron chi connectivity index (χ0n) is 18.4. The Bertz CT molecular complexity index is 1080. The molecule has 3 fully saturated rings. The molecular formula is C24H26ClF3N4O2. The smallest absolute Gasteiger partial charge is 0.223 e. The first-order valence-electron chi connectivity index (χ1n) is 11.5. The van der Waals surface area contributed by atoms with Gasteiger partial charge in [-0.3, -0.25) is 4.79 Å². The predicted molar refractivity (Wildman–Crippen MR) is 120 cm³/mol. The van der Waals surface area contributed by atoms with Gasteiger partial charge in [-0.2, -0.15) is 5.10 Å². The van der Waals surface area contributed by atoms with Crippen LogP contribution in [0.5, 0.6) is 0 Å². The van der Waals surface area contributed by atoms with Gasteiger partial charge >= 0.3 is 0 Å². The molecule has 1 amide bonds. The lowest BCUT2D eigenvalue weighted by Gasteiger charge is -2.37. The molecule has 10 heteroatoms. The predicted octanol–water partition coefficient (Wildman–Crippen LogP) is 4.49. The number of nitrogens with zero attached hydrogens (tertiary/aromatic N) is 2. The molecule has 6 nitrogen and oxygen atoms in total. The van der Waals surface area contributed by atoms with Gasteiger partial charge in [-0.15, -0.1) is 5.10 Å². The third kappa shape index (κ3) is 4.13. The zero-order valence-corrected chi connectivity index (χ0v) is 19.2. The summed E-state index contributed by atoms with van der Waals surface area (Å²) in [6.07, 6.45) is 2.77. The molecule has 0 radical (unpaired) electrons. The van der Waals surface area contributed by atoms with Crippen LogP contribution in [0.25, 0.3) is 0 Å². The largest absolute Gasteiger partial charge is 0.391 e. The van der Waals surface area contributed by atoms with E-state index in [2.05, 4.69) is 20.8 Å². The second kappa shape index (κ2) is 8.68. The van der Waals surface area contributed by atoms with Crippen LogP contribution in [0, 0.1) is 23.0 Å². The highest BCUT2D eigenvalue weighted by molar-refractivity contribution is 6.30. The van der Waals surface area contributed by atoms with Gasteiger partial charge in [0.25, 0.3) is 0 Å². The van der Waals surface area contributed by atoms with Crippen LogP contribution in [-0.4, -0.2) is 39.0 Å². The average Bonchev–Trinajstić information content (AvgIpc) is 3.47. The van der Waals surface area contributed by atoms with Gasteiger partial charge < -0.3 is 15.7 Å². The first kappa shape index (κ1) is 23.4. The highest BCUT2D eigenvalue weighted by Crippen LogP contribution is 2.63. The molecular weight excluding hydrogens is 469 g/mol. The quantitative estimate of drug-likeness (QED) is 0.515. The molecule has 0 saturated heterocycles. The van der Waals surface area contributed by atoms with Crippen LogP contribution in [-0.2, 0) is 4.79 Å². The Labute approximate surface area is 200 Å². The molecule has 2 bridgehead atoms. The molecule has 4 atom stereocenters. The first-order valence-corrected chi connectivity index (χ1v) is 11.9. The number of hydrogen-bond donors (Lipinski definition) is 3. The van der Waals surface area contributed by atoms with E-state index in [1.165, 1.54) is 6.20 Å². The summed E-state index contributed by atoms with van der Waals surface area (Å²) in [6.45, 7) is 0. The number of aliphatic hydroxyl groups excluding tert-OH is 1. The SMILES string of the molecule is O=C(N[C@H](c1c(F)ccc(Cl)c1F)C12CCC(F)(CC1)C2)[C@@H]1C[C@@H](O)[C@@H](Nc2cccnn2)C1. The number of aliphatic hydroxyl groups is 1. The molecule has 1 aromatic heterocycles. The maximum absolute atomic E-state index is 15.1. The van der Waals surface area contributed by atoms with Gasteiger partial charge in [0, 0.05) is 17.7 Å². The van der Waals surface area contributed by atoms with Crippen LogP contribution >= 0.6 is 11.6 Å². The van der Waals surface area contributed by atoms with Gasteiger partial charge in [-0.25, -0.2) is 13.2 Å². The van der Waals surface area contributed by atoms with Gasteiger partial charge in [0.2, 0.25) is 5.91 Å². The second-order valence-corrected chi connectivity index (χ2v) is 10.4. The molecule has 2 aromatic rings. The fourth-order valence-corrected chi connectivity index (χ4v) is 6.29. The van der Waals surface area contributed by atoms with E-state index in [0.29, 0.717) is 37.9 Å². The van der Waals surface area contributed by atoms with Crippen molar-refractivity contribution in [2.24, 2.45) is 11.3 Å². The van der Waals surface area contributed by atoms with E-state index in [0.717, 1.165) is 12.1 Å². The molecule has 34 heavy (non-hydrogen) atoms. The molecule has 5 rings (SSSR count). The minimum Gasteiger partial charge on any atom is -0.391 e. The average molecular weight is 495 g/mol. The summed E-state index contributed by atoms with van der Waals surface area (Å²) in [5.41, 5.74) is -2.48. The van der Waals surface area contributed by atoms with E-state index in [-0.39, 0.29) is 23.4 Å². The number of benzene rings is 1. The lowest BCUT2D eigenvalue weighted by Crippen LogP contribution is -2.42. The second-order valence-electron chi connectivity index (χ2n) is 9.98. The van der Waals surface area contributed by atoms with Crippen molar-refractivity contribution in [3.05, 3.63) is 52.7 Å². The van der Waals surface area contributed by atoms with Gasteiger partial charge in [0.1, 0.15) is 23.1 Å². The van der Waals surface area contributed by atoms with E-state index in [9.17, 15) is 14.3 Å². The first-order chi connectivity index (χ1) is 16.2. The third-order valence-electron chi connectivity index (χ3n) is 7.88. The van der Waals surface area contributed by atoms with Gasteiger partial charge in [0.15, 0.2) is 0 Å². The fraction of sp³-hybridized carbons (Fsp3) is 0.542. The lowest BCUT2D eigenvalue weighted by molar-refractivity contribution is -0.127. The highest BCUT2D eigenvalue weighted by Gasteiger charge is 2.59. The Morgan fingerprint density at radius 2 is 1.94 bits per heavy atom. The number of nitrogens with one attached hydrogen (secondary N) is 2. The van der Waals surface area contributed by atoms with Crippen molar-refractivity contribution in [1.82, 2.24) is 15.5 Å². The Hall–Kier alpha value is -2.39. The minimum absolute atomic E-state index is 0.139. The van der Waals surface area contributed by atoms with Crippen molar-refractivity contribution < 1.29 is 23.1 Å².